The van der Waals surface area contributed by atoms with Gasteiger partial charge in [0, 0.05) is 17.7 Å². The van der Waals surface area contributed by atoms with Crippen LogP contribution in [0, 0.1) is 0 Å². The molecule has 0 unspecified atom stereocenters. The van der Waals surface area contributed by atoms with E-state index in [0.29, 0.717) is 6.42 Å². The van der Waals surface area contributed by atoms with Crippen molar-refractivity contribution < 1.29 is 5.21 Å². The van der Waals surface area contributed by atoms with E-state index in [1.54, 1.807) is 0 Å². The van der Waals surface area contributed by atoms with E-state index in [9.17, 15) is 0 Å². The van der Waals surface area contributed by atoms with Crippen molar-refractivity contribution in [2.45, 2.75) is 19.3 Å². The molecule has 1 aromatic carbocycles. The molecule has 0 saturated heterocycles. The Morgan fingerprint density at radius 1 is 1.27 bits per heavy atom. The SMILES string of the molecule is Nc1ccccc1C1=CCC/C(=N\O)C1. The third kappa shape index (κ3) is 2.01. The van der Waals surface area contributed by atoms with E-state index in [1.807, 2.05) is 24.3 Å². The Hall–Kier alpha value is -1.77. The Balaban J connectivity index is 2.32. The molecule has 78 valence electrons. The first-order chi connectivity index (χ1) is 7.31. The number of para-hydroxylation sites is 1. The average molecular weight is 202 g/mol. The maximum Gasteiger partial charge on any atom is 0.0617 e. The smallest absolute Gasteiger partial charge is 0.0617 e. The molecule has 1 aliphatic rings. The van der Waals surface area contributed by atoms with Crippen molar-refractivity contribution in [3.63, 3.8) is 0 Å². The van der Waals surface area contributed by atoms with E-state index in [4.69, 9.17) is 10.9 Å². The topological polar surface area (TPSA) is 58.6 Å². The highest BCUT2D eigenvalue weighted by atomic mass is 16.4. The van der Waals surface area contributed by atoms with Crippen LogP contribution in [0.3, 0.4) is 0 Å². The van der Waals surface area contributed by atoms with Gasteiger partial charge in [0.15, 0.2) is 0 Å². The molecule has 15 heavy (non-hydrogen) atoms. The van der Waals surface area contributed by atoms with E-state index < -0.39 is 0 Å². The number of oxime groups is 1. The molecule has 0 heterocycles. The van der Waals surface area contributed by atoms with Gasteiger partial charge in [-0.05, 0) is 24.5 Å². The number of nitrogens with two attached hydrogens (primary N) is 1. The third-order valence-corrected chi connectivity index (χ3v) is 2.67. The van der Waals surface area contributed by atoms with Crippen LogP contribution in [0.15, 0.2) is 35.5 Å². The van der Waals surface area contributed by atoms with E-state index in [0.717, 1.165) is 35.4 Å². The standard InChI is InChI=1S/C12H14N2O/c13-12-7-2-1-6-11(12)9-4-3-5-10(8-9)14-15/h1-2,4,6-7,15H,3,5,8,13H2/b14-10+. The summed E-state index contributed by atoms with van der Waals surface area (Å²) in [7, 11) is 0. The maximum atomic E-state index is 8.75. The van der Waals surface area contributed by atoms with E-state index >= 15 is 0 Å². The number of rotatable bonds is 1. The van der Waals surface area contributed by atoms with Gasteiger partial charge in [-0.25, -0.2) is 0 Å². The molecule has 0 fully saturated rings. The van der Waals surface area contributed by atoms with Gasteiger partial charge in [-0.2, -0.15) is 0 Å². The molecule has 3 nitrogen and oxygen atoms in total. The monoisotopic (exact) mass is 202 g/mol. The lowest BCUT2D eigenvalue weighted by molar-refractivity contribution is 0.316. The lowest BCUT2D eigenvalue weighted by Gasteiger charge is -2.15. The molecule has 1 aliphatic carbocycles. The van der Waals surface area contributed by atoms with E-state index in [-0.39, 0.29) is 0 Å². The van der Waals surface area contributed by atoms with Crippen LogP contribution in [0.4, 0.5) is 5.69 Å². The zero-order valence-electron chi connectivity index (χ0n) is 8.48. The van der Waals surface area contributed by atoms with Crippen LogP contribution < -0.4 is 5.73 Å². The van der Waals surface area contributed by atoms with Crippen LogP contribution in [0.25, 0.3) is 5.57 Å². The zero-order chi connectivity index (χ0) is 10.7. The van der Waals surface area contributed by atoms with Gasteiger partial charge in [-0.3, -0.25) is 0 Å². The highest BCUT2D eigenvalue weighted by Crippen LogP contribution is 2.28. The number of benzene rings is 1. The van der Waals surface area contributed by atoms with Crippen LogP contribution in [0.1, 0.15) is 24.8 Å². The second kappa shape index (κ2) is 4.17. The van der Waals surface area contributed by atoms with Crippen molar-refractivity contribution in [1.29, 1.82) is 0 Å². The minimum absolute atomic E-state index is 0.699. The third-order valence-electron chi connectivity index (χ3n) is 2.67. The molecule has 0 amide bonds. The fourth-order valence-electron chi connectivity index (χ4n) is 1.87. The van der Waals surface area contributed by atoms with E-state index in [2.05, 4.69) is 11.2 Å². The molecule has 0 spiro atoms. The van der Waals surface area contributed by atoms with Crippen LogP contribution in [-0.4, -0.2) is 10.9 Å². The predicted octanol–water partition coefficient (Wildman–Crippen LogP) is 2.67. The molecule has 0 radical (unpaired) electrons. The summed E-state index contributed by atoms with van der Waals surface area (Å²) in [6, 6.07) is 7.78. The number of hydrogen-bond acceptors (Lipinski definition) is 3. The summed E-state index contributed by atoms with van der Waals surface area (Å²) in [6.07, 6.45) is 4.63. The Labute approximate surface area is 88.9 Å². The van der Waals surface area contributed by atoms with E-state index in [1.165, 1.54) is 0 Å². The molecular weight excluding hydrogens is 188 g/mol. The Kier molecular flexibility index (Phi) is 2.72. The van der Waals surface area contributed by atoms with Crippen molar-refractivity contribution in [3.05, 3.63) is 35.9 Å². The predicted molar refractivity (Wildman–Crippen MR) is 61.9 cm³/mol. The summed E-state index contributed by atoms with van der Waals surface area (Å²) >= 11 is 0. The molecular formula is C12H14N2O. The summed E-state index contributed by atoms with van der Waals surface area (Å²) in [5, 5.41) is 12.0. The largest absolute Gasteiger partial charge is 0.411 e. The Morgan fingerprint density at radius 2 is 2.07 bits per heavy atom. The van der Waals surface area contributed by atoms with Gasteiger partial charge in [0.2, 0.25) is 0 Å². The normalized spacial score (nSPS) is 18.9. The van der Waals surface area contributed by atoms with Gasteiger partial charge in [0.1, 0.15) is 0 Å². The molecule has 0 atom stereocenters. The molecule has 0 bridgehead atoms. The highest BCUT2D eigenvalue weighted by Gasteiger charge is 2.13. The Morgan fingerprint density at radius 3 is 2.80 bits per heavy atom. The molecule has 2 rings (SSSR count). The first-order valence-corrected chi connectivity index (χ1v) is 5.05. The summed E-state index contributed by atoms with van der Waals surface area (Å²) in [5.41, 5.74) is 9.72. The number of nitrogens with zero attached hydrogens (tertiary/aromatic N) is 1. The molecule has 0 aromatic heterocycles. The number of nitrogen functional groups attached to an aromatic ring is 1. The second-order valence-electron chi connectivity index (χ2n) is 3.70. The van der Waals surface area contributed by atoms with Crippen molar-refractivity contribution >= 4 is 17.0 Å². The van der Waals surface area contributed by atoms with Crippen molar-refractivity contribution in [2.24, 2.45) is 5.16 Å². The van der Waals surface area contributed by atoms with Crippen LogP contribution in [0.2, 0.25) is 0 Å². The quantitative estimate of drug-likeness (QED) is 0.418. The van der Waals surface area contributed by atoms with Gasteiger partial charge < -0.3 is 10.9 Å². The summed E-state index contributed by atoms with van der Waals surface area (Å²) in [6.45, 7) is 0. The van der Waals surface area contributed by atoms with Crippen LogP contribution >= 0.6 is 0 Å². The number of hydrogen-bond donors (Lipinski definition) is 2. The van der Waals surface area contributed by atoms with Crippen molar-refractivity contribution in [3.8, 4) is 0 Å². The van der Waals surface area contributed by atoms with Gasteiger partial charge in [-0.1, -0.05) is 29.4 Å². The average Bonchev–Trinajstić information content (AvgIpc) is 2.30. The van der Waals surface area contributed by atoms with Gasteiger partial charge in [0.05, 0.1) is 5.71 Å². The molecule has 3 heteroatoms. The summed E-state index contributed by atoms with van der Waals surface area (Å²) in [5.74, 6) is 0. The van der Waals surface area contributed by atoms with Crippen LogP contribution in [-0.2, 0) is 0 Å². The van der Waals surface area contributed by atoms with Crippen LogP contribution in [0.5, 0.6) is 0 Å². The first-order valence-electron chi connectivity index (χ1n) is 5.05. The summed E-state index contributed by atoms with van der Waals surface area (Å²) in [4.78, 5) is 0. The molecule has 1 aromatic rings. The second-order valence-corrected chi connectivity index (χ2v) is 3.70. The van der Waals surface area contributed by atoms with Gasteiger partial charge >= 0.3 is 0 Å². The molecule has 3 N–H and O–H groups in total. The van der Waals surface area contributed by atoms with Crippen molar-refractivity contribution in [1.82, 2.24) is 0 Å². The molecule has 0 aliphatic heterocycles. The fraction of sp³-hybridized carbons (Fsp3) is 0.250. The van der Waals surface area contributed by atoms with Crippen molar-refractivity contribution in [2.75, 3.05) is 5.73 Å². The highest BCUT2D eigenvalue weighted by molar-refractivity contribution is 5.97. The lowest BCUT2D eigenvalue weighted by atomic mass is 9.91. The first kappa shape index (κ1) is 9.77. The Bertz CT molecular complexity index is 421. The van der Waals surface area contributed by atoms with Gasteiger partial charge in [-0.15, -0.1) is 0 Å². The maximum absolute atomic E-state index is 8.75. The minimum Gasteiger partial charge on any atom is -0.411 e. The number of anilines is 1. The summed E-state index contributed by atoms with van der Waals surface area (Å²) < 4.78 is 0. The number of allylic oxidation sites excluding steroid dienone is 2. The minimum atomic E-state index is 0.699. The zero-order valence-corrected chi connectivity index (χ0v) is 8.48. The van der Waals surface area contributed by atoms with Gasteiger partial charge in [0.25, 0.3) is 0 Å². The molecule has 0 saturated carbocycles. The lowest BCUT2D eigenvalue weighted by Crippen LogP contribution is -2.06. The fourth-order valence-corrected chi connectivity index (χ4v) is 1.87.